The van der Waals surface area contributed by atoms with E-state index in [4.69, 9.17) is 4.74 Å². The molecule has 0 saturated carbocycles. The number of hydrogen-bond donors (Lipinski definition) is 0. The molecule has 0 aliphatic heterocycles. The first-order valence-corrected chi connectivity index (χ1v) is 5.95. The van der Waals surface area contributed by atoms with Crippen LogP contribution in [0.2, 0.25) is 0 Å². The van der Waals surface area contributed by atoms with Crippen LogP contribution in [0.25, 0.3) is 0 Å². The Morgan fingerprint density at radius 1 is 1.40 bits per heavy atom. The molecule has 3 nitrogen and oxygen atoms in total. The van der Waals surface area contributed by atoms with Crippen molar-refractivity contribution in [3.63, 3.8) is 0 Å². The van der Waals surface area contributed by atoms with Crippen molar-refractivity contribution in [2.24, 2.45) is 0 Å². The van der Waals surface area contributed by atoms with Crippen LogP contribution in [0, 0.1) is 0 Å². The molecular weight excluding hydrogens is 271 g/mol. The summed E-state index contributed by atoms with van der Waals surface area (Å²) in [6.45, 7) is 4.39. The summed E-state index contributed by atoms with van der Waals surface area (Å²) in [5.41, 5.74) is -0.827. The smallest absolute Gasteiger partial charge is 0.383 e. The molecule has 110 valence electrons. The van der Waals surface area contributed by atoms with Gasteiger partial charge in [0.1, 0.15) is 6.29 Å². The van der Waals surface area contributed by atoms with Crippen LogP contribution < -0.4 is 4.90 Å². The van der Waals surface area contributed by atoms with Crippen molar-refractivity contribution >= 4 is 12.0 Å². The Balaban J connectivity index is 3.24. The van der Waals surface area contributed by atoms with Crippen molar-refractivity contribution in [1.82, 2.24) is 0 Å². The van der Waals surface area contributed by atoms with Crippen molar-refractivity contribution in [2.75, 3.05) is 31.7 Å². The first-order chi connectivity index (χ1) is 9.43. The Bertz CT molecular complexity index is 472. The molecule has 0 atom stereocenters. The van der Waals surface area contributed by atoms with Gasteiger partial charge in [0, 0.05) is 31.5 Å². The lowest BCUT2D eigenvalue weighted by Crippen LogP contribution is -2.29. The van der Waals surface area contributed by atoms with E-state index in [0.29, 0.717) is 19.4 Å². The second-order valence-corrected chi connectivity index (χ2v) is 4.12. The maximum Gasteiger partial charge on any atom is 0.418 e. The van der Waals surface area contributed by atoms with E-state index in [1.165, 1.54) is 30.2 Å². The van der Waals surface area contributed by atoms with Gasteiger partial charge < -0.3 is 9.64 Å². The number of hydrogen-bond acceptors (Lipinski definition) is 3. The van der Waals surface area contributed by atoms with E-state index in [1.54, 1.807) is 0 Å². The van der Waals surface area contributed by atoms with Gasteiger partial charge in [0.2, 0.25) is 0 Å². The van der Waals surface area contributed by atoms with Crippen LogP contribution in [-0.2, 0) is 10.9 Å². The third-order valence-electron chi connectivity index (χ3n) is 2.72. The molecule has 0 spiro atoms. The molecule has 0 N–H and O–H groups in total. The zero-order valence-corrected chi connectivity index (χ0v) is 11.1. The van der Waals surface area contributed by atoms with Crippen LogP contribution in [0.4, 0.5) is 18.9 Å². The van der Waals surface area contributed by atoms with Gasteiger partial charge in [-0.2, -0.15) is 13.2 Å². The fourth-order valence-corrected chi connectivity index (χ4v) is 1.80. The maximum absolute atomic E-state index is 13.1. The number of aldehydes is 1. The van der Waals surface area contributed by atoms with E-state index in [2.05, 4.69) is 6.58 Å². The Morgan fingerprint density at radius 2 is 2.10 bits per heavy atom. The quantitative estimate of drug-likeness (QED) is 0.570. The minimum Gasteiger partial charge on any atom is -0.383 e. The second-order valence-electron chi connectivity index (χ2n) is 4.12. The molecule has 20 heavy (non-hydrogen) atoms. The third kappa shape index (κ3) is 4.09. The lowest BCUT2D eigenvalue weighted by molar-refractivity contribution is -0.137. The number of carbonyl (C=O) groups is 1. The van der Waals surface area contributed by atoms with E-state index >= 15 is 0 Å². The highest BCUT2D eigenvalue weighted by Gasteiger charge is 2.35. The number of rotatable bonds is 7. The minimum absolute atomic E-state index is 0.00799. The van der Waals surface area contributed by atoms with E-state index in [1.807, 2.05) is 0 Å². The average molecular weight is 287 g/mol. The van der Waals surface area contributed by atoms with Gasteiger partial charge in [-0.05, 0) is 18.2 Å². The standard InChI is InChI=1S/C14H16F3NO2/c1-3-6-18(7-8-20-2)13-5-4-11(10-19)9-12(13)14(15,16)17/h3-5,9-10H,1,6-8H2,2H3. The van der Waals surface area contributed by atoms with Gasteiger partial charge in [0.15, 0.2) is 0 Å². The summed E-state index contributed by atoms with van der Waals surface area (Å²) in [5.74, 6) is 0. The molecule has 0 amide bonds. The summed E-state index contributed by atoms with van der Waals surface area (Å²) in [7, 11) is 1.48. The summed E-state index contributed by atoms with van der Waals surface area (Å²) in [5, 5.41) is 0. The van der Waals surface area contributed by atoms with Crippen LogP contribution in [0.5, 0.6) is 0 Å². The highest BCUT2D eigenvalue weighted by atomic mass is 19.4. The number of methoxy groups -OCH3 is 1. The Kier molecular flexibility index (Phi) is 5.76. The molecule has 1 aromatic carbocycles. The predicted molar refractivity (Wildman–Crippen MR) is 71.1 cm³/mol. The van der Waals surface area contributed by atoms with Gasteiger partial charge in [-0.15, -0.1) is 6.58 Å². The highest BCUT2D eigenvalue weighted by Crippen LogP contribution is 2.37. The van der Waals surface area contributed by atoms with Crippen molar-refractivity contribution in [3.8, 4) is 0 Å². The zero-order chi connectivity index (χ0) is 15.2. The first-order valence-electron chi connectivity index (χ1n) is 5.95. The average Bonchev–Trinajstić information content (AvgIpc) is 2.42. The number of anilines is 1. The second kappa shape index (κ2) is 7.09. The number of benzene rings is 1. The van der Waals surface area contributed by atoms with Gasteiger partial charge in [-0.3, -0.25) is 4.79 Å². The van der Waals surface area contributed by atoms with Gasteiger partial charge in [-0.25, -0.2) is 0 Å². The molecule has 0 heterocycles. The van der Waals surface area contributed by atoms with Gasteiger partial charge >= 0.3 is 6.18 Å². The van der Waals surface area contributed by atoms with Gasteiger partial charge in [0.05, 0.1) is 12.2 Å². The van der Waals surface area contributed by atoms with Crippen LogP contribution >= 0.6 is 0 Å². The van der Waals surface area contributed by atoms with Crippen molar-refractivity contribution in [2.45, 2.75) is 6.18 Å². The topological polar surface area (TPSA) is 29.5 Å². The van der Waals surface area contributed by atoms with Crippen LogP contribution in [-0.4, -0.2) is 33.1 Å². The molecule has 0 fully saturated rings. The molecule has 0 bridgehead atoms. The summed E-state index contributed by atoms with van der Waals surface area (Å²) >= 11 is 0. The predicted octanol–water partition coefficient (Wildman–Crippen LogP) is 3.16. The molecule has 0 unspecified atom stereocenters. The molecule has 0 saturated heterocycles. The zero-order valence-electron chi connectivity index (χ0n) is 11.1. The third-order valence-corrected chi connectivity index (χ3v) is 2.72. The normalized spacial score (nSPS) is 11.2. The molecule has 0 radical (unpaired) electrons. The van der Waals surface area contributed by atoms with Gasteiger partial charge in [-0.1, -0.05) is 6.08 Å². The largest absolute Gasteiger partial charge is 0.418 e. The molecule has 1 rings (SSSR count). The number of nitrogens with zero attached hydrogens (tertiary/aromatic N) is 1. The molecule has 1 aromatic rings. The summed E-state index contributed by atoms with van der Waals surface area (Å²) in [6, 6.07) is 3.51. The number of carbonyl (C=O) groups excluding carboxylic acids is 1. The SMILES string of the molecule is C=CCN(CCOC)c1ccc(C=O)cc1C(F)(F)F. The molecule has 0 aliphatic rings. The fourth-order valence-electron chi connectivity index (χ4n) is 1.80. The lowest BCUT2D eigenvalue weighted by Gasteiger charge is -2.26. The first kappa shape index (κ1) is 16.2. The van der Waals surface area contributed by atoms with Crippen LogP contribution in [0.1, 0.15) is 15.9 Å². The van der Waals surface area contributed by atoms with E-state index in [9.17, 15) is 18.0 Å². The molecule has 6 heteroatoms. The monoisotopic (exact) mass is 287 g/mol. The molecule has 0 aliphatic carbocycles. The van der Waals surface area contributed by atoms with E-state index in [-0.39, 0.29) is 17.8 Å². The molecule has 0 aromatic heterocycles. The summed E-state index contributed by atoms with van der Waals surface area (Å²) in [6.07, 6.45) is -2.61. The minimum atomic E-state index is -4.53. The number of halogens is 3. The Labute approximate surface area is 115 Å². The number of ether oxygens (including phenoxy) is 1. The van der Waals surface area contributed by atoms with Crippen LogP contribution in [0.3, 0.4) is 0 Å². The van der Waals surface area contributed by atoms with E-state index < -0.39 is 11.7 Å². The van der Waals surface area contributed by atoms with Gasteiger partial charge in [0.25, 0.3) is 0 Å². The fraction of sp³-hybridized carbons (Fsp3) is 0.357. The summed E-state index contributed by atoms with van der Waals surface area (Å²) < 4.78 is 44.2. The molecular formula is C14H16F3NO2. The summed E-state index contributed by atoms with van der Waals surface area (Å²) in [4.78, 5) is 12.2. The Hall–Kier alpha value is -1.82. The Morgan fingerprint density at radius 3 is 2.60 bits per heavy atom. The lowest BCUT2D eigenvalue weighted by atomic mass is 10.1. The highest BCUT2D eigenvalue weighted by molar-refractivity contribution is 5.77. The van der Waals surface area contributed by atoms with Crippen molar-refractivity contribution < 1.29 is 22.7 Å². The van der Waals surface area contributed by atoms with Crippen LogP contribution in [0.15, 0.2) is 30.9 Å². The van der Waals surface area contributed by atoms with Crippen molar-refractivity contribution in [3.05, 3.63) is 42.0 Å². The van der Waals surface area contributed by atoms with Crippen molar-refractivity contribution in [1.29, 1.82) is 0 Å². The van der Waals surface area contributed by atoms with E-state index in [0.717, 1.165) is 6.07 Å². The number of alkyl halides is 3. The maximum atomic E-state index is 13.1.